The van der Waals surface area contributed by atoms with Crippen molar-refractivity contribution in [2.24, 2.45) is 0 Å². The van der Waals surface area contributed by atoms with Crippen LogP contribution in [0.4, 0.5) is 5.69 Å². The molecule has 0 spiro atoms. The number of rotatable bonds is 9. The molecule has 2 N–H and O–H groups in total. The van der Waals surface area contributed by atoms with Gasteiger partial charge in [-0.3, -0.25) is 14.9 Å². The topological polar surface area (TPSA) is 107 Å². The maximum absolute atomic E-state index is 12.3. The fourth-order valence-corrected chi connectivity index (χ4v) is 2.56. The zero-order valence-electron chi connectivity index (χ0n) is 14.7. The van der Waals surface area contributed by atoms with Crippen molar-refractivity contribution in [3.05, 3.63) is 34.6 Å². The molecule has 9 nitrogen and oxygen atoms in total. The first-order valence-electron chi connectivity index (χ1n) is 7.92. The summed E-state index contributed by atoms with van der Waals surface area (Å²) < 4.78 is 11.1. The lowest BCUT2D eigenvalue weighted by Gasteiger charge is -2.16. The van der Waals surface area contributed by atoms with Crippen LogP contribution in [0.15, 0.2) is 24.4 Å². The van der Waals surface area contributed by atoms with Gasteiger partial charge in [-0.25, -0.2) is 4.68 Å². The predicted octanol–water partition coefficient (Wildman–Crippen LogP) is 1.68. The molecule has 146 valence electrons. The van der Waals surface area contributed by atoms with E-state index in [1.54, 1.807) is 18.2 Å². The molecular formula is C16H19Cl2N5O4. The Morgan fingerprint density at radius 2 is 2.07 bits per heavy atom. The van der Waals surface area contributed by atoms with E-state index in [1.807, 2.05) is 0 Å². The number of amides is 1. The monoisotopic (exact) mass is 415 g/mol. The number of nitrogens with zero attached hydrogens (tertiary/aromatic N) is 3. The molecule has 1 aromatic heterocycles. The first-order chi connectivity index (χ1) is 12.9. The van der Waals surface area contributed by atoms with Crippen LogP contribution in [0.2, 0.25) is 10.2 Å². The molecule has 0 aliphatic heterocycles. The first-order valence-corrected chi connectivity index (χ1v) is 8.68. The molecule has 0 saturated heterocycles. The summed E-state index contributed by atoms with van der Waals surface area (Å²) in [5.41, 5.74) is 0.957. The Morgan fingerprint density at radius 3 is 2.70 bits per heavy atom. The van der Waals surface area contributed by atoms with E-state index in [0.717, 1.165) is 0 Å². The van der Waals surface area contributed by atoms with Crippen molar-refractivity contribution in [1.82, 2.24) is 20.3 Å². The molecule has 1 amide bonds. The molecule has 11 heteroatoms. The van der Waals surface area contributed by atoms with Gasteiger partial charge in [-0.2, -0.15) is 0 Å². The molecule has 0 fully saturated rings. The van der Waals surface area contributed by atoms with E-state index in [9.17, 15) is 9.59 Å². The van der Waals surface area contributed by atoms with Gasteiger partial charge in [-0.15, -0.1) is 5.10 Å². The summed E-state index contributed by atoms with van der Waals surface area (Å²) in [5.74, 6) is -0.850. The molecule has 0 unspecified atom stereocenters. The van der Waals surface area contributed by atoms with Crippen molar-refractivity contribution in [2.45, 2.75) is 12.5 Å². The van der Waals surface area contributed by atoms with Crippen molar-refractivity contribution in [1.29, 1.82) is 0 Å². The van der Waals surface area contributed by atoms with Gasteiger partial charge in [0, 0.05) is 18.7 Å². The van der Waals surface area contributed by atoms with Gasteiger partial charge in [0.25, 0.3) is 0 Å². The zero-order valence-corrected chi connectivity index (χ0v) is 16.3. The quantitative estimate of drug-likeness (QED) is 0.599. The number of hydrogen-bond acceptors (Lipinski definition) is 7. The third kappa shape index (κ3) is 6.17. The molecule has 1 heterocycles. The number of carbonyl (C=O) groups is 2. The molecule has 0 bridgehead atoms. The normalized spacial score (nSPS) is 11.9. The number of methoxy groups -OCH3 is 2. The van der Waals surface area contributed by atoms with Gasteiger partial charge in [0.15, 0.2) is 5.15 Å². The number of anilines is 1. The molecule has 1 aromatic carbocycles. The lowest BCUT2D eigenvalue weighted by Crippen LogP contribution is -2.42. The molecule has 0 aliphatic carbocycles. The smallest absolute Gasteiger partial charge is 0.322 e. The van der Waals surface area contributed by atoms with Crippen LogP contribution < -0.4 is 10.6 Å². The van der Waals surface area contributed by atoms with Gasteiger partial charge < -0.3 is 14.8 Å². The third-order valence-corrected chi connectivity index (χ3v) is 3.96. The average molecular weight is 416 g/mol. The van der Waals surface area contributed by atoms with Crippen LogP contribution in [0.1, 0.15) is 6.42 Å². The Kier molecular flexibility index (Phi) is 7.99. The minimum absolute atomic E-state index is 0.118. The predicted molar refractivity (Wildman–Crippen MR) is 100 cm³/mol. The molecule has 0 saturated carbocycles. The number of halogens is 2. The van der Waals surface area contributed by atoms with Crippen molar-refractivity contribution < 1.29 is 19.1 Å². The number of aromatic nitrogens is 3. The van der Waals surface area contributed by atoms with Gasteiger partial charge in [-0.05, 0) is 24.6 Å². The summed E-state index contributed by atoms with van der Waals surface area (Å²) in [7, 11) is 2.81. The average Bonchev–Trinajstić information content (AvgIpc) is 3.07. The Morgan fingerprint density at radius 1 is 1.30 bits per heavy atom. The first kappa shape index (κ1) is 21.1. The van der Waals surface area contributed by atoms with Crippen LogP contribution in [-0.4, -0.2) is 60.3 Å². The summed E-state index contributed by atoms with van der Waals surface area (Å²) in [5, 5.41) is 13.8. The summed E-state index contributed by atoms with van der Waals surface area (Å²) in [6.45, 7) is 0.230. The van der Waals surface area contributed by atoms with Gasteiger partial charge >= 0.3 is 5.97 Å². The fourth-order valence-electron chi connectivity index (χ4n) is 2.26. The zero-order chi connectivity index (χ0) is 19.8. The second-order valence-electron chi connectivity index (χ2n) is 5.43. The van der Waals surface area contributed by atoms with Crippen molar-refractivity contribution in [3.63, 3.8) is 0 Å². The second kappa shape index (κ2) is 10.2. The van der Waals surface area contributed by atoms with Crippen LogP contribution in [0.3, 0.4) is 0 Å². The standard InChI is InChI=1S/C16H19Cl2N5O4/c1-26-6-5-11(16(25)27-2)19-8-15(24)20-12-7-10(17)3-4-13(12)23-9-14(18)21-22-23/h3-4,7,9,11,19H,5-6,8H2,1-2H3,(H,20,24)/t11-/m0/s1. The maximum Gasteiger partial charge on any atom is 0.322 e. The Hall–Kier alpha value is -2.20. The highest BCUT2D eigenvalue weighted by molar-refractivity contribution is 6.31. The molecule has 0 aliphatic rings. The number of carbonyl (C=O) groups excluding carboxylic acids is 2. The SMILES string of the molecule is COCC[C@H](NCC(=O)Nc1cc(Cl)ccc1-n1cc(Cl)nn1)C(=O)OC. The van der Waals surface area contributed by atoms with E-state index in [2.05, 4.69) is 20.9 Å². The molecular weight excluding hydrogens is 397 g/mol. The van der Waals surface area contributed by atoms with Gasteiger partial charge in [-0.1, -0.05) is 28.4 Å². The Labute approximate surface area is 165 Å². The van der Waals surface area contributed by atoms with Crippen molar-refractivity contribution in [3.8, 4) is 5.69 Å². The maximum atomic E-state index is 12.3. The van der Waals surface area contributed by atoms with Crippen molar-refractivity contribution >= 4 is 40.8 Å². The largest absolute Gasteiger partial charge is 0.468 e. The highest BCUT2D eigenvalue weighted by atomic mass is 35.5. The highest BCUT2D eigenvalue weighted by Gasteiger charge is 2.20. The minimum atomic E-state index is -0.659. The van der Waals surface area contributed by atoms with Crippen LogP contribution >= 0.6 is 23.2 Å². The summed E-state index contributed by atoms with van der Waals surface area (Å²) in [4.78, 5) is 24.1. The van der Waals surface area contributed by atoms with E-state index in [-0.39, 0.29) is 17.6 Å². The number of ether oxygens (including phenoxy) is 2. The van der Waals surface area contributed by atoms with E-state index in [4.69, 9.17) is 32.7 Å². The summed E-state index contributed by atoms with van der Waals surface area (Å²) >= 11 is 11.8. The van der Waals surface area contributed by atoms with Gasteiger partial charge in [0.1, 0.15) is 6.04 Å². The van der Waals surface area contributed by atoms with E-state index in [1.165, 1.54) is 25.1 Å². The van der Waals surface area contributed by atoms with Gasteiger partial charge in [0.05, 0.1) is 31.2 Å². The van der Waals surface area contributed by atoms with Crippen LogP contribution in [0.25, 0.3) is 5.69 Å². The molecule has 0 radical (unpaired) electrons. The van der Waals surface area contributed by atoms with Crippen LogP contribution in [0, 0.1) is 0 Å². The van der Waals surface area contributed by atoms with Gasteiger partial charge in [0.2, 0.25) is 5.91 Å². The number of esters is 1. The van der Waals surface area contributed by atoms with E-state index in [0.29, 0.717) is 29.4 Å². The summed E-state index contributed by atoms with van der Waals surface area (Å²) in [6.07, 6.45) is 1.87. The molecule has 27 heavy (non-hydrogen) atoms. The lowest BCUT2D eigenvalue weighted by atomic mass is 10.2. The highest BCUT2D eigenvalue weighted by Crippen LogP contribution is 2.24. The lowest BCUT2D eigenvalue weighted by molar-refractivity contribution is -0.143. The van der Waals surface area contributed by atoms with Crippen LogP contribution in [0.5, 0.6) is 0 Å². The Balaban J connectivity index is 2.06. The van der Waals surface area contributed by atoms with Crippen LogP contribution in [-0.2, 0) is 19.1 Å². The fraction of sp³-hybridized carbons (Fsp3) is 0.375. The number of hydrogen-bond donors (Lipinski definition) is 2. The Bertz CT molecular complexity index is 799. The minimum Gasteiger partial charge on any atom is -0.468 e. The number of benzene rings is 1. The third-order valence-electron chi connectivity index (χ3n) is 3.55. The summed E-state index contributed by atoms with van der Waals surface area (Å²) in [6, 6.07) is 4.24. The van der Waals surface area contributed by atoms with Crippen molar-refractivity contribution in [2.75, 3.05) is 32.7 Å². The number of nitrogens with one attached hydrogen (secondary N) is 2. The molecule has 1 atom stereocenters. The molecule has 2 rings (SSSR count). The van der Waals surface area contributed by atoms with E-state index < -0.39 is 12.0 Å². The second-order valence-corrected chi connectivity index (χ2v) is 6.26. The molecule has 2 aromatic rings. The van der Waals surface area contributed by atoms with E-state index >= 15 is 0 Å².